The van der Waals surface area contributed by atoms with Gasteiger partial charge in [0.25, 0.3) is 0 Å². The monoisotopic (exact) mass is 423 g/mol. The summed E-state index contributed by atoms with van der Waals surface area (Å²) in [7, 11) is 0. The first-order valence-corrected chi connectivity index (χ1v) is 12.1. The van der Waals surface area contributed by atoms with E-state index in [1.807, 2.05) is 24.3 Å². The van der Waals surface area contributed by atoms with Crippen LogP contribution in [0.1, 0.15) is 95.9 Å². The van der Waals surface area contributed by atoms with Crippen LogP contribution in [0.5, 0.6) is 0 Å². The van der Waals surface area contributed by atoms with Gasteiger partial charge < -0.3 is 5.21 Å². The van der Waals surface area contributed by atoms with Crippen molar-refractivity contribution in [2.24, 2.45) is 11.8 Å². The van der Waals surface area contributed by atoms with E-state index in [1.54, 1.807) is 18.6 Å². The molecule has 0 aliphatic heterocycles. The van der Waals surface area contributed by atoms with Gasteiger partial charge in [0, 0.05) is 18.3 Å². The average Bonchev–Trinajstić information content (AvgIpc) is 2.81. The molecule has 2 rings (SSSR count). The molecule has 170 valence electrons. The minimum Gasteiger partial charge on any atom is -0.619 e. The first kappa shape index (κ1) is 26.6. The third kappa shape index (κ3) is 11.5. The molecule has 0 spiro atoms. The van der Waals surface area contributed by atoms with E-state index in [2.05, 4.69) is 38.7 Å². The van der Waals surface area contributed by atoms with Gasteiger partial charge in [-0.2, -0.15) is 9.99 Å². The molecule has 0 aromatic carbocycles. The first-order valence-electron chi connectivity index (χ1n) is 12.1. The number of aromatic nitrogens is 2. The van der Waals surface area contributed by atoms with Crippen LogP contribution < -0.4 is 4.73 Å². The van der Waals surface area contributed by atoms with E-state index < -0.39 is 0 Å². The van der Waals surface area contributed by atoms with Crippen LogP contribution in [0, 0.1) is 28.4 Å². The summed E-state index contributed by atoms with van der Waals surface area (Å²) in [6, 6.07) is 9.81. The topological polar surface area (TPSA) is 63.6 Å². The summed E-state index contributed by atoms with van der Waals surface area (Å²) in [5.41, 5.74) is 3.03. The van der Waals surface area contributed by atoms with Crippen molar-refractivity contribution in [2.75, 3.05) is 0 Å². The molecular formula is C27H41N3O. The smallest absolute Gasteiger partial charge is 0.180 e. The Morgan fingerprint density at radius 3 is 1.87 bits per heavy atom. The quantitative estimate of drug-likeness (QED) is 0.279. The highest BCUT2D eigenvalue weighted by atomic mass is 16.5. The second kappa shape index (κ2) is 16.3. The Labute approximate surface area is 189 Å². The van der Waals surface area contributed by atoms with Crippen LogP contribution in [0.2, 0.25) is 0 Å². The third-order valence-electron chi connectivity index (χ3n) is 6.28. The van der Waals surface area contributed by atoms with E-state index in [9.17, 15) is 5.21 Å². The van der Waals surface area contributed by atoms with Crippen LogP contribution in [-0.4, -0.2) is 4.98 Å². The lowest BCUT2D eigenvalue weighted by Crippen LogP contribution is -2.23. The minimum atomic E-state index is 0.528. The number of hydrogen-bond acceptors (Lipinski definition) is 3. The van der Waals surface area contributed by atoms with Crippen LogP contribution >= 0.6 is 0 Å². The molecule has 0 saturated heterocycles. The van der Waals surface area contributed by atoms with Crippen molar-refractivity contribution in [3.05, 3.63) is 64.9 Å². The lowest BCUT2D eigenvalue weighted by Gasteiger charge is -2.11. The van der Waals surface area contributed by atoms with Crippen molar-refractivity contribution in [1.82, 2.24) is 4.98 Å². The van der Waals surface area contributed by atoms with E-state index in [4.69, 9.17) is 5.26 Å². The fourth-order valence-corrected chi connectivity index (χ4v) is 3.88. The zero-order chi connectivity index (χ0) is 22.9. The van der Waals surface area contributed by atoms with Gasteiger partial charge in [0.1, 0.15) is 11.8 Å². The van der Waals surface area contributed by atoms with Crippen molar-refractivity contribution < 1.29 is 4.73 Å². The molecule has 0 fully saturated rings. The van der Waals surface area contributed by atoms with Gasteiger partial charge in [-0.15, -0.1) is 0 Å². The highest BCUT2D eigenvalue weighted by Crippen LogP contribution is 2.17. The van der Waals surface area contributed by atoms with Crippen LogP contribution in [0.25, 0.3) is 0 Å². The molecule has 0 aliphatic carbocycles. The number of rotatable bonds is 12. The van der Waals surface area contributed by atoms with Gasteiger partial charge in [-0.25, -0.2) is 4.98 Å². The largest absolute Gasteiger partial charge is 0.619 e. The summed E-state index contributed by atoms with van der Waals surface area (Å²) >= 11 is 0. The molecule has 0 amide bonds. The summed E-state index contributed by atoms with van der Waals surface area (Å²) in [6.45, 7) is 9.04. The average molecular weight is 424 g/mol. The summed E-state index contributed by atoms with van der Waals surface area (Å²) in [4.78, 5) is 3.97. The summed E-state index contributed by atoms with van der Waals surface area (Å²) in [6.07, 6.45) is 17.2. The summed E-state index contributed by atoms with van der Waals surface area (Å²) < 4.78 is 0.838. The Hall–Kier alpha value is -2.41. The molecule has 2 aromatic rings. The van der Waals surface area contributed by atoms with Crippen molar-refractivity contribution in [3.63, 3.8) is 0 Å². The maximum absolute atomic E-state index is 10.8. The maximum Gasteiger partial charge on any atom is 0.180 e. The molecule has 0 saturated carbocycles. The van der Waals surface area contributed by atoms with Gasteiger partial charge in [0.2, 0.25) is 0 Å². The molecule has 0 aliphatic rings. The molecule has 2 heterocycles. The molecule has 0 unspecified atom stereocenters. The molecule has 0 bridgehead atoms. The van der Waals surface area contributed by atoms with E-state index in [1.165, 1.54) is 62.5 Å². The Morgan fingerprint density at radius 2 is 1.39 bits per heavy atom. The number of nitriles is 1. The predicted octanol–water partition coefficient (Wildman–Crippen LogP) is 6.79. The van der Waals surface area contributed by atoms with Gasteiger partial charge in [0.15, 0.2) is 12.4 Å². The second-order valence-electron chi connectivity index (χ2n) is 8.38. The van der Waals surface area contributed by atoms with Gasteiger partial charge in [0.05, 0.1) is 0 Å². The summed E-state index contributed by atoms with van der Waals surface area (Å²) in [5, 5.41) is 19.6. The van der Waals surface area contributed by atoms with Crippen LogP contribution in [0.15, 0.2) is 42.9 Å². The van der Waals surface area contributed by atoms with Gasteiger partial charge in [-0.3, -0.25) is 0 Å². The highest BCUT2D eigenvalue weighted by Gasteiger charge is 2.04. The van der Waals surface area contributed by atoms with Crippen molar-refractivity contribution in [1.29, 1.82) is 5.26 Å². The standard InChI is InChI=1S/C14H20N2.C13H21NO/c1-3-12(4-2)6-5-7-13-8-9-16-14(10-13)11-15;1-3-12(4-2)6-5-7-13-8-10-14(15)11-9-13/h8-10,12H,3-7H2,1-2H3;8-12H,3-7H2,1-2H3. The zero-order valence-corrected chi connectivity index (χ0v) is 20.0. The highest BCUT2D eigenvalue weighted by molar-refractivity contribution is 5.25. The molecule has 4 nitrogen and oxygen atoms in total. The molecule has 4 heteroatoms. The number of nitrogens with zero attached hydrogens (tertiary/aromatic N) is 3. The first-order chi connectivity index (χ1) is 15.1. The number of hydrogen-bond donors (Lipinski definition) is 0. The van der Waals surface area contributed by atoms with E-state index in [-0.39, 0.29) is 0 Å². The van der Waals surface area contributed by atoms with Crippen LogP contribution in [-0.2, 0) is 12.8 Å². The third-order valence-corrected chi connectivity index (χ3v) is 6.28. The lowest BCUT2D eigenvalue weighted by molar-refractivity contribution is -0.605. The van der Waals surface area contributed by atoms with Crippen molar-refractivity contribution in [2.45, 2.75) is 91.9 Å². The SMILES string of the molecule is CCC(CC)CCCc1cc[n+]([O-])cc1.CCC(CC)CCCc1ccnc(C#N)c1. The molecular weight excluding hydrogens is 382 g/mol. The van der Waals surface area contributed by atoms with Gasteiger partial charge >= 0.3 is 0 Å². The fourth-order valence-electron chi connectivity index (χ4n) is 3.88. The Balaban J connectivity index is 0.000000311. The lowest BCUT2D eigenvalue weighted by atomic mass is 9.95. The number of pyridine rings is 2. The normalized spacial score (nSPS) is 10.6. The molecule has 31 heavy (non-hydrogen) atoms. The van der Waals surface area contributed by atoms with Crippen molar-refractivity contribution >= 4 is 0 Å². The van der Waals surface area contributed by atoms with Crippen LogP contribution in [0.4, 0.5) is 0 Å². The predicted molar refractivity (Wildman–Crippen MR) is 128 cm³/mol. The molecule has 0 N–H and O–H groups in total. The maximum atomic E-state index is 10.8. The fraction of sp³-hybridized carbons (Fsp3) is 0.593. The minimum absolute atomic E-state index is 0.528. The van der Waals surface area contributed by atoms with Crippen LogP contribution in [0.3, 0.4) is 0 Å². The molecule has 2 aromatic heterocycles. The molecule has 0 radical (unpaired) electrons. The molecule has 0 atom stereocenters. The van der Waals surface area contributed by atoms with Crippen molar-refractivity contribution in [3.8, 4) is 6.07 Å². The summed E-state index contributed by atoms with van der Waals surface area (Å²) in [5.74, 6) is 1.73. The van der Waals surface area contributed by atoms with E-state index in [0.717, 1.165) is 29.4 Å². The Kier molecular flexibility index (Phi) is 14.0. The Bertz CT molecular complexity index is 744. The number of aryl methyl sites for hydroxylation is 2. The van der Waals surface area contributed by atoms with E-state index in [0.29, 0.717) is 5.69 Å². The van der Waals surface area contributed by atoms with Gasteiger partial charge in [-0.1, -0.05) is 66.2 Å². The second-order valence-corrected chi connectivity index (χ2v) is 8.38. The van der Waals surface area contributed by atoms with Gasteiger partial charge in [-0.05, 0) is 60.8 Å². The Morgan fingerprint density at radius 1 is 0.871 bits per heavy atom. The van der Waals surface area contributed by atoms with E-state index >= 15 is 0 Å². The zero-order valence-electron chi connectivity index (χ0n) is 20.0.